The number of hydrogen-bond acceptors (Lipinski definition) is 3. The first-order valence-corrected chi connectivity index (χ1v) is 6.14. The Bertz CT molecular complexity index is 218. The third kappa shape index (κ3) is 2.92. The zero-order chi connectivity index (χ0) is 10.9. The monoisotopic (exact) mass is 212 g/mol. The molecule has 2 aliphatic rings. The summed E-state index contributed by atoms with van der Waals surface area (Å²) >= 11 is 0. The standard InChI is InChI=1S/C12H24N2O/c1-10-6-13-7-11(10)8-14-4-5-15-12(2,3)9-14/h10-11,13H,4-9H2,1-3H3/t10-,11+/m1/s1. The van der Waals surface area contributed by atoms with Gasteiger partial charge in [0.05, 0.1) is 12.2 Å². The maximum atomic E-state index is 5.73. The van der Waals surface area contributed by atoms with E-state index in [1.165, 1.54) is 19.6 Å². The Morgan fingerprint density at radius 3 is 2.80 bits per heavy atom. The minimum atomic E-state index is 0.0491. The Balaban J connectivity index is 1.83. The van der Waals surface area contributed by atoms with Gasteiger partial charge in [0, 0.05) is 19.6 Å². The predicted molar refractivity (Wildman–Crippen MR) is 62.0 cm³/mol. The smallest absolute Gasteiger partial charge is 0.0753 e. The summed E-state index contributed by atoms with van der Waals surface area (Å²) in [7, 11) is 0. The van der Waals surface area contributed by atoms with Crippen molar-refractivity contribution in [1.29, 1.82) is 0 Å². The summed E-state index contributed by atoms with van der Waals surface area (Å²) in [6.07, 6.45) is 0. The molecular weight excluding hydrogens is 188 g/mol. The zero-order valence-corrected chi connectivity index (χ0v) is 10.3. The van der Waals surface area contributed by atoms with Crippen LogP contribution in [0.3, 0.4) is 0 Å². The fraction of sp³-hybridized carbons (Fsp3) is 1.00. The minimum absolute atomic E-state index is 0.0491. The number of nitrogens with one attached hydrogen (secondary N) is 1. The Hall–Kier alpha value is -0.120. The van der Waals surface area contributed by atoms with Crippen LogP contribution < -0.4 is 5.32 Å². The molecule has 2 atom stereocenters. The molecular formula is C12H24N2O. The van der Waals surface area contributed by atoms with Crippen molar-refractivity contribution in [3.63, 3.8) is 0 Å². The molecule has 0 saturated carbocycles. The lowest BCUT2D eigenvalue weighted by Gasteiger charge is -2.39. The number of ether oxygens (including phenoxy) is 1. The van der Waals surface area contributed by atoms with Gasteiger partial charge in [-0.25, -0.2) is 0 Å². The van der Waals surface area contributed by atoms with Crippen molar-refractivity contribution in [1.82, 2.24) is 10.2 Å². The third-order valence-electron chi connectivity index (χ3n) is 3.67. The summed E-state index contributed by atoms with van der Waals surface area (Å²) in [4.78, 5) is 2.57. The lowest BCUT2D eigenvalue weighted by atomic mass is 9.96. The first kappa shape index (κ1) is 11.4. The first-order valence-electron chi connectivity index (χ1n) is 6.14. The van der Waals surface area contributed by atoms with E-state index < -0.39 is 0 Å². The SMILES string of the molecule is C[C@@H]1CNC[C@H]1CN1CCOC(C)(C)C1. The highest BCUT2D eigenvalue weighted by Crippen LogP contribution is 2.21. The topological polar surface area (TPSA) is 24.5 Å². The van der Waals surface area contributed by atoms with Gasteiger partial charge in [-0.15, -0.1) is 0 Å². The van der Waals surface area contributed by atoms with Gasteiger partial charge in [0.1, 0.15) is 0 Å². The van der Waals surface area contributed by atoms with Gasteiger partial charge in [0.15, 0.2) is 0 Å². The average molecular weight is 212 g/mol. The van der Waals surface area contributed by atoms with Crippen molar-refractivity contribution in [2.24, 2.45) is 11.8 Å². The van der Waals surface area contributed by atoms with E-state index >= 15 is 0 Å². The molecule has 0 spiro atoms. The van der Waals surface area contributed by atoms with Gasteiger partial charge >= 0.3 is 0 Å². The second-order valence-corrected chi connectivity index (χ2v) is 5.74. The summed E-state index contributed by atoms with van der Waals surface area (Å²) in [6.45, 7) is 13.4. The predicted octanol–water partition coefficient (Wildman–Crippen LogP) is 0.953. The third-order valence-corrected chi connectivity index (χ3v) is 3.67. The molecule has 0 amide bonds. The van der Waals surface area contributed by atoms with Crippen LogP contribution in [0.15, 0.2) is 0 Å². The summed E-state index contributed by atoms with van der Waals surface area (Å²) in [5, 5.41) is 3.47. The summed E-state index contributed by atoms with van der Waals surface area (Å²) in [5.41, 5.74) is 0.0491. The molecule has 0 aromatic carbocycles. The number of rotatable bonds is 2. The highest BCUT2D eigenvalue weighted by Gasteiger charge is 2.31. The van der Waals surface area contributed by atoms with E-state index in [2.05, 4.69) is 31.0 Å². The van der Waals surface area contributed by atoms with E-state index in [1.807, 2.05) is 0 Å². The van der Waals surface area contributed by atoms with Crippen LogP contribution in [0.5, 0.6) is 0 Å². The van der Waals surface area contributed by atoms with Crippen LogP contribution in [0.25, 0.3) is 0 Å². The molecule has 2 heterocycles. The molecule has 15 heavy (non-hydrogen) atoms. The number of hydrogen-bond donors (Lipinski definition) is 1. The van der Waals surface area contributed by atoms with Crippen molar-refractivity contribution in [3.8, 4) is 0 Å². The van der Waals surface area contributed by atoms with Gasteiger partial charge in [-0.2, -0.15) is 0 Å². The van der Waals surface area contributed by atoms with E-state index in [1.54, 1.807) is 0 Å². The number of morpholine rings is 1. The largest absolute Gasteiger partial charge is 0.373 e. The van der Waals surface area contributed by atoms with Crippen molar-refractivity contribution >= 4 is 0 Å². The Kier molecular flexibility index (Phi) is 3.33. The van der Waals surface area contributed by atoms with E-state index in [0.29, 0.717) is 0 Å². The molecule has 88 valence electrons. The van der Waals surface area contributed by atoms with Crippen LogP contribution in [0.4, 0.5) is 0 Å². The van der Waals surface area contributed by atoms with E-state index in [9.17, 15) is 0 Å². The lowest BCUT2D eigenvalue weighted by molar-refractivity contribution is -0.0893. The first-order chi connectivity index (χ1) is 7.07. The zero-order valence-electron chi connectivity index (χ0n) is 10.3. The second kappa shape index (κ2) is 4.40. The van der Waals surface area contributed by atoms with Crippen LogP contribution in [0.1, 0.15) is 20.8 Å². The molecule has 2 rings (SSSR count). The van der Waals surface area contributed by atoms with Crippen LogP contribution >= 0.6 is 0 Å². The van der Waals surface area contributed by atoms with E-state index in [-0.39, 0.29) is 5.60 Å². The van der Waals surface area contributed by atoms with Crippen LogP contribution in [-0.4, -0.2) is 49.8 Å². The lowest BCUT2D eigenvalue weighted by Crippen LogP contribution is -2.50. The maximum absolute atomic E-state index is 5.73. The molecule has 2 fully saturated rings. The average Bonchev–Trinajstić information content (AvgIpc) is 2.50. The van der Waals surface area contributed by atoms with Gasteiger partial charge in [0.2, 0.25) is 0 Å². The molecule has 1 N–H and O–H groups in total. The van der Waals surface area contributed by atoms with Gasteiger partial charge in [-0.1, -0.05) is 6.92 Å². The summed E-state index contributed by atoms with van der Waals surface area (Å²) in [6, 6.07) is 0. The summed E-state index contributed by atoms with van der Waals surface area (Å²) in [5.74, 6) is 1.66. The van der Waals surface area contributed by atoms with Crippen molar-refractivity contribution in [3.05, 3.63) is 0 Å². The van der Waals surface area contributed by atoms with Crippen molar-refractivity contribution in [2.75, 3.05) is 39.3 Å². The fourth-order valence-corrected chi connectivity index (χ4v) is 2.71. The molecule has 3 nitrogen and oxygen atoms in total. The van der Waals surface area contributed by atoms with Crippen LogP contribution in [-0.2, 0) is 4.74 Å². The normalized spacial score (nSPS) is 37.0. The minimum Gasteiger partial charge on any atom is -0.373 e. The maximum Gasteiger partial charge on any atom is 0.0753 e. The molecule has 0 radical (unpaired) electrons. The van der Waals surface area contributed by atoms with Gasteiger partial charge in [-0.05, 0) is 38.8 Å². The van der Waals surface area contributed by atoms with Crippen LogP contribution in [0.2, 0.25) is 0 Å². The Labute approximate surface area is 93.2 Å². The fourth-order valence-electron chi connectivity index (χ4n) is 2.71. The molecule has 0 bridgehead atoms. The Morgan fingerprint density at radius 2 is 2.20 bits per heavy atom. The molecule has 0 aromatic rings. The van der Waals surface area contributed by atoms with Crippen molar-refractivity contribution < 1.29 is 4.74 Å². The highest BCUT2D eigenvalue weighted by molar-refractivity contribution is 4.85. The van der Waals surface area contributed by atoms with E-state index in [4.69, 9.17) is 4.74 Å². The highest BCUT2D eigenvalue weighted by atomic mass is 16.5. The molecule has 2 saturated heterocycles. The summed E-state index contributed by atoms with van der Waals surface area (Å²) < 4.78 is 5.73. The second-order valence-electron chi connectivity index (χ2n) is 5.74. The van der Waals surface area contributed by atoms with Crippen LogP contribution in [0, 0.1) is 11.8 Å². The molecule has 3 heteroatoms. The quantitative estimate of drug-likeness (QED) is 0.737. The number of nitrogens with zero attached hydrogens (tertiary/aromatic N) is 1. The van der Waals surface area contributed by atoms with Crippen molar-refractivity contribution in [2.45, 2.75) is 26.4 Å². The molecule has 0 aromatic heterocycles. The Morgan fingerprint density at radius 1 is 1.40 bits per heavy atom. The molecule has 0 unspecified atom stereocenters. The van der Waals surface area contributed by atoms with Gasteiger partial charge < -0.3 is 10.1 Å². The molecule has 2 aliphatic heterocycles. The van der Waals surface area contributed by atoms with Gasteiger partial charge in [0.25, 0.3) is 0 Å². The van der Waals surface area contributed by atoms with E-state index in [0.717, 1.165) is 31.5 Å². The molecule has 0 aliphatic carbocycles. The van der Waals surface area contributed by atoms with Gasteiger partial charge in [-0.3, -0.25) is 4.90 Å².